The van der Waals surface area contributed by atoms with Crippen molar-refractivity contribution in [3.8, 4) is 0 Å². The Morgan fingerprint density at radius 1 is 1.35 bits per heavy atom. The summed E-state index contributed by atoms with van der Waals surface area (Å²) in [5, 5.41) is 21.8. The summed E-state index contributed by atoms with van der Waals surface area (Å²) in [4.78, 5) is 21.8. The predicted octanol–water partition coefficient (Wildman–Crippen LogP) is -1.61. The van der Waals surface area contributed by atoms with Gasteiger partial charge in [0.1, 0.15) is 0 Å². The van der Waals surface area contributed by atoms with Gasteiger partial charge in [-0.3, -0.25) is 0 Å². The molecule has 8 nitrogen and oxygen atoms in total. The lowest BCUT2D eigenvalue weighted by Gasteiger charge is -2.17. The number of methoxy groups -OCH3 is 2. The molecule has 0 aliphatic heterocycles. The fraction of sp³-hybridized carbons (Fsp3) is 0.778. The van der Waals surface area contributed by atoms with Crippen molar-refractivity contribution in [2.75, 3.05) is 34.0 Å². The molecule has 2 unspecified atom stereocenters. The molecule has 0 aromatic rings. The predicted molar refractivity (Wildman–Crippen MR) is 57.7 cm³/mol. The molecule has 0 aliphatic carbocycles. The molecule has 100 valence electrons. The van der Waals surface area contributed by atoms with E-state index in [1.165, 1.54) is 14.2 Å². The smallest absolute Gasteiger partial charge is 0.328 e. The number of hydrogen-bond acceptors (Lipinski definition) is 5. The third kappa shape index (κ3) is 6.72. The first kappa shape index (κ1) is 15.6. The van der Waals surface area contributed by atoms with E-state index < -0.39 is 24.6 Å². The van der Waals surface area contributed by atoms with E-state index in [0.717, 1.165) is 0 Å². The van der Waals surface area contributed by atoms with E-state index in [1.54, 1.807) is 0 Å². The quantitative estimate of drug-likeness (QED) is 0.412. The zero-order valence-corrected chi connectivity index (χ0v) is 9.80. The zero-order valence-electron chi connectivity index (χ0n) is 9.80. The van der Waals surface area contributed by atoms with Crippen LogP contribution in [0.1, 0.15) is 0 Å². The zero-order chi connectivity index (χ0) is 13.3. The number of hydrogen-bond donors (Lipinski definition) is 4. The van der Waals surface area contributed by atoms with Gasteiger partial charge in [0.25, 0.3) is 0 Å². The summed E-state index contributed by atoms with van der Waals surface area (Å²) in [5.74, 6) is -1.30. The van der Waals surface area contributed by atoms with E-state index in [-0.39, 0.29) is 12.6 Å². The van der Waals surface area contributed by atoms with Crippen LogP contribution in [0, 0.1) is 0 Å². The van der Waals surface area contributed by atoms with Crippen LogP contribution in [-0.2, 0) is 14.3 Å². The average Bonchev–Trinajstić information content (AvgIpc) is 2.30. The topological polar surface area (TPSA) is 117 Å². The Balaban J connectivity index is 3.96. The van der Waals surface area contributed by atoms with E-state index >= 15 is 0 Å². The summed E-state index contributed by atoms with van der Waals surface area (Å²) in [6, 6.07) is -2.01. The van der Waals surface area contributed by atoms with E-state index in [4.69, 9.17) is 19.7 Å². The number of ether oxygens (including phenoxy) is 2. The summed E-state index contributed by atoms with van der Waals surface area (Å²) in [5.41, 5.74) is 0. The number of aliphatic hydroxyl groups excluding tert-OH is 1. The highest BCUT2D eigenvalue weighted by Crippen LogP contribution is 1.89. The number of carbonyl (C=O) groups excluding carboxylic acids is 1. The van der Waals surface area contributed by atoms with E-state index in [9.17, 15) is 9.59 Å². The number of urea groups is 1. The monoisotopic (exact) mass is 250 g/mol. The van der Waals surface area contributed by atoms with Crippen molar-refractivity contribution in [2.45, 2.75) is 12.1 Å². The first-order valence-electron chi connectivity index (χ1n) is 4.94. The van der Waals surface area contributed by atoms with E-state index in [2.05, 4.69) is 10.6 Å². The molecule has 0 bridgehead atoms. The highest BCUT2D eigenvalue weighted by molar-refractivity contribution is 5.82. The first-order valence-corrected chi connectivity index (χ1v) is 4.94. The molecule has 0 aromatic carbocycles. The second-order valence-electron chi connectivity index (χ2n) is 3.24. The molecule has 8 heteroatoms. The summed E-state index contributed by atoms with van der Waals surface area (Å²) < 4.78 is 9.82. The lowest BCUT2D eigenvalue weighted by atomic mass is 10.3. The third-order valence-corrected chi connectivity index (χ3v) is 1.96. The minimum atomic E-state index is -1.32. The van der Waals surface area contributed by atoms with Crippen LogP contribution < -0.4 is 10.6 Å². The Labute approximate surface area is 98.9 Å². The van der Waals surface area contributed by atoms with Crippen LogP contribution in [0.2, 0.25) is 0 Å². The lowest BCUT2D eigenvalue weighted by Crippen LogP contribution is -2.49. The molecule has 0 radical (unpaired) electrons. The van der Waals surface area contributed by atoms with Gasteiger partial charge < -0.3 is 30.3 Å². The molecule has 0 aliphatic rings. The van der Waals surface area contributed by atoms with Crippen LogP contribution in [0.25, 0.3) is 0 Å². The Kier molecular flexibility index (Phi) is 8.03. The second kappa shape index (κ2) is 8.74. The normalized spacial score (nSPS) is 13.8. The molecular weight excluding hydrogens is 232 g/mol. The molecule has 0 saturated carbocycles. The van der Waals surface area contributed by atoms with Gasteiger partial charge in [-0.15, -0.1) is 0 Å². The molecule has 4 N–H and O–H groups in total. The van der Waals surface area contributed by atoms with Crippen LogP contribution in [0.3, 0.4) is 0 Å². The number of rotatable bonds is 8. The van der Waals surface area contributed by atoms with Crippen LogP contribution >= 0.6 is 0 Å². The summed E-state index contributed by atoms with van der Waals surface area (Å²) >= 11 is 0. The Morgan fingerprint density at radius 2 is 2.00 bits per heavy atom. The molecule has 0 aromatic heterocycles. The van der Waals surface area contributed by atoms with Gasteiger partial charge in [-0.25, -0.2) is 9.59 Å². The molecule has 0 rings (SSSR count). The summed E-state index contributed by atoms with van der Waals surface area (Å²) in [6.45, 7) is -0.193. The number of aliphatic hydroxyl groups is 1. The van der Waals surface area contributed by atoms with Gasteiger partial charge in [-0.1, -0.05) is 0 Å². The maximum atomic E-state index is 11.2. The van der Waals surface area contributed by atoms with Gasteiger partial charge in [-0.05, 0) is 0 Å². The van der Waals surface area contributed by atoms with Gasteiger partial charge >= 0.3 is 12.0 Å². The summed E-state index contributed by atoms with van der Waals surface area (Å²) in [7, 11) is 2.97. The molecule has 0 saturated heterocycles. The number of nitrogens with one attached hydrogen (secondary N) is 2. The minimum Gasteiger partial charge on any atom is -0.480 e. The van der Waals surface area contributed by atoms with Gasteiger partial charge in [0.15, 0.2) is 6.04 Å². The second-order valence-corrected chi connectivity index (χ2v) is 3.24. The van der Waals surface area contributed by atoms with Gasteiger partial charge in [0.05, 0.1) is 19.3 Å². The Hall–Kier alpha value is -1.38. The van der Waals surface area contributed by atoms with E-state index in [0.29, 0.717) is 6.61 Å². The molecular formula is C9H18N2O6. The number of amides is 2. The van der Waals surface area contributed by atoms with Crippen molar-refractivity contribution < 1.29 is 29.3 Å². The van der Waals surface area contributed by atoms with Crippen molar-refractivity contribution in [3.63, 3.8) is 0 Å². The first-order chi connectivity index (χ1) is 8.04. The lowest BCUT2D eigenvalue weighted by molar-refractivity contribution is -0.140. The number of aliphatic carboxylic acids is 1. The number of carboxylic acid groups (broad SMARTS) is 1. The maximum Gasteiger partial charge on any atom is 0.328 e. The molecule has 2 atom stereocenters. The van der Waals surface area contributed by atoms with Gasteiger partial charge in [0, 0.05) is 20.8 Å². The van der Waals surface area contributed by atoms with Crippen molar-refractivity contribution in [3.05, 3.63) is 0 Å². The molecule has 0 fully saturated rings. The Bertz CT molecular complexity index is 248. The standard InChI is InChI=1S/C9H18N2O6/c1-16-5-6(17-2)3-10-9(15)11-7(4-12)8(13)14/h6-7,12H,3-5H2,1-2H3,(H,13,14)(H2,10,11,15). The van der Waals surface area contributed by atoms with Crippen molar-refractivity contribution >= 4 is 12.0 Å². The SMILES string of the molecule is COCC(CNC(=O)NC(CO)C(=O)O)OC. The summed E-state index contributed by atoms with van der Waals surface area (Å²) in [6.07, 6.45) is -0.317. The number of carbonyl (C=O) groups is 2. The maximum absolute atomic E-state index is 11.2. The van der Waals surface area contributed by atoms with Crippen molar-refractivity contribution in [1.82, 2.24) is 10.6 Å². The van der Waals surface area contributed by atoms with Crippen molar-refractivity contribution in [1.29, 1.82) is 0 Å². The molecule has 0 heterocycles. The van der Waals surface area contributed by atoms with Gasteiger partial charge in [-0.2, -0.15) is 0 Å². The molecule has 2 amide bonds. The average molecular weight is 250 g/mol. The minimum absolute atomic E-state index is 0.175. The highest BCUT2D eigenvalue weighted by Gasteiger charge is 2.19. The Morgan fingerprint density at radius 3 is 2.41 bits per heavy atom. The number of carboxylic acids is 1. The largest absolute Gasteiger partial charge is 0.480 e. The van der Waals surface area contributed by atoms with Crippen LogP contribution in [0.4, 0.5) is 4.79 Å². The molecule has 0 spiro atoms. The van der Waals surface area contributed by atoms with Gasteiger partial charge in [0.2, 0.25) is 0 Å². The highest BCUT2D eigenvalue weighted by atomic mass is 16.5. The van der Waals surface area contributed by atoms with Crippen molar-refractivity contribution in [2.24, 2.45) is 0 Å². The van der Waals surface area contributed by atoms with Crippen LogP contribution in [0.15, 0.2) is 0 Å². The fourth-order valence-electron chi connectivity index (χ4n) is 0.997. The third-order valence-electron chi connectivity index (χ3n) is 1.96. The van der Waals surface area contributed by atoms with Crippen LogP contribution in [0.5, 0.6) is 0 Å². The van der Waals surface area contributed by atoms with Crippen LogP contribution in [-0.4, -0.2) is 68.3 Å². The molecule has 17 heavy (non-hydrogen) atoms. The van der Waals surface area contributed by atoms with E-state index in [1.807, 2.05) is 0 Å². The fourth-order valence-corrected chi connectivity index (χ4v) is 0.997.